The van der Waals surface area contributed by atoms with Crippen molar-refractivity contribution in [2.24, 2.45) is 0 Å². The molecule has 0 radical (unpaired) electrons. The van der Waals surface area contributed by atoms with Gasteiger partial charge in [-0.1, -0.05) is 12.1 Å². The molecule has 0 atom stereocenters. The molecule has 0 bridgehead atoms. The maximum absolute atomic E-state index is 14.3. The summed E-state index contributed by atoms with van der Waals surface area (Å²) in [6.07, 6.45) is 0. The predicted molar refractivity (Wildman–Crippen MR) is 183 cm³/mol. The van der Waals surface area contributed by atoms with Gasteiger partial charge in [-0.3, -0.25) is 9.36 Å². The molecular formula is C34H35Cl2N3O6. The topological polar surface area (TPSA) is 114 Å². The summed E-state index contributed by atoms with van der Waals surface area (Å²) >= 11 is 0. The van der Waals surface area contributed by atoms with Crippen LogP contribution in [0.15, 0.2) is 83.7 Å². The second-order valence-electron chi connectivity index (χ2n) is 9.90. The number of ether oxygens (including phenoxy) is 4. The molecular weight excluding hydrogens is 617 g/mol. The van der Waals surface area contributed by atoms with Gasteiger partial charge in [0.1, 0.15) is 29.5 Å². The fraction of sp³-hybridized carbons (Fsp3) is 0.176. The number of nitrogen functional groups attached to an aromatic ring is 1. The number of benzene rings is 4. The van der Waals surface area contributed by atoms with E-state index in [-0.39, 0.29) is 30.5 Å². The highest BCUT2D eigenvalue weighted by atomic mass is 35.5. The van der Waals surface area contributed by atoms with Crippen LogP contribution >= 0.6 is 24.8 Å². The average molecular weight is 653 g/mol. The summed E-state index contributed by atoms with van der Waals surface area (Å²) in [5.74, 6) is 0.938. The van der Waals surface area contributed by atoms with Crippen LogP contribution in [0.4, 0.5) is 11.4 Å². The SMILES string of the molecule is CNc1cccc(COc2ccc3c(-c4cc(OC)c(C)c(OC)c4)c(C(=O)OC)n(-c4ccc(N)cc4)c(=O)c3c2)c1.Cl.Cl. The van der Waals surface area contributed by atoms with Gasteiger partial charge in [-0.2, -0.15) is 0 Å². The maximum Gasteiger partial charge on any atom is 0.355 e. The molecule has 0 saturated carbocycles. The van der Waals surface area contributed by atoms with Crippen LogP contribution in [-0.2, 0) is 11.3 Å². The minimum atomic E-state index is -0.686. The zero-order chi connectivity index (χ0) is 30.7. The van der Waals surface area contributed by atoms with Crippen LogP contribution in [-0.4, -0.2) is 38.9 Å². The van der Waals surface area contributed by atoms with Gasteiger partial charge in [0.2, 0.25) is 0 Å². The van der Waals surface area contributed by atoms with Gasteiger partial charge in [0.05, 0.1) is 26.7 Å². The third-order valence-corrected chi connectivity index (χ3v) is 7.35. The summed E-state index contributed by atoms with van der Waals surface area (Å²) in [6.45, 7) is 2.18. The second kappa shape index (κ2) is 14.7. The van der Waals surface area contributed by atoms with Gasteiger partial charge in [-0.05, 0) is 90.2 Å². The van der Waals surface area contributed by atoms with Crippen molar-refractivity contribution in [3.63, 3.8) is 0 Å². The molecule has 1 aromatic heterocycles. The maximum atomic E-state index is 14.3. The first-order valence-electron chi connectivity index (χ1n) is 13.6. The van der Waals surface area contributed by atoms with Crippen LogP contribution in [0.25, 0.3) is 27.6 Å². The minimum absolute atomic E-state index is 0. The molecule has 4 aromatic carbocycles. The van der Waals surface area contributed by atoms with Crippen LogP contribution in [0, 0.1) is 6.92 Å². The number of aromatic nitrogens is 1. The highest BCUT2D eigenvalue weighted by molar-refractivity contribution is 6.07. The Morgan fingerprint density at radius 3 is 2.13 bits per heavy atom. The number of nitrogens with two attached hydrogens (primary N) is 1. The molecule has 0 aliphatic carbocycles. The number of hydrogen-bond donors (Lipinski definition) is 2. The Bertz CT molecular complexity index is 1870. The van der Waals surface area contributed by atoms with Gasteiger partial charge < -0.3 is 30.0 Å². The van der Waals surface area contributed by atoms with Crippen LogP contribution < -0.4 is 30.8 Å². The number of halogens is 2. The summed E-state index contributed by atoms with van der Waals surface area (Å²) in [4.78, 5) is 27.8. The first-order valence-corrected chi connectivity index (χ1v) is 13.6. The fourth-order valence-corrected chi connectivity index (χ4v) is 5.14. The highest BCUT2D eigenvalue weighted by Crippen LogP contribution is 2.40. The Morgan fingerprint density at radius 2 is 1.53 bits per heavy atom. The first-order chi connectivity index (χ1) is 20.8. The Kier molecular flexibility index (Phi) is 11.3. The average Bonchev–Trinajstić information content (AvgIpc) is 3.04. The number of anilines is 2. The molecule has 0 amide bonds. The zero-order valence-corrected chi connectivity index (χ0v) is 27.1. The van der Waals surface area contributed by atoms with E-state index in [2.05, 4.69) is 5.32 Å². The van der Waals surface area contributed by atoms with Gasteiger partial charge >= 0.3 is 5.97 Å². The number of carbonyl (C=O) groups is 1. The molecule has 0 unspecified atom stereocenters. The number of nitrogens with zero attached hydrogens (tertiary/aromatic N) is 1. The molecule has 0 spiro atoms. The predicted octanol–water partition coefficient (Wildman–Crippen LogP) is 6.82. The van der Waals surface area contributed by atoms with Crippen LogP contribution in [0.3, 0.4) is 0 Å². The van der Waals surface area contributed by atoms with Gasteiger partial charge in [-0.25, -0.2) is 4.79 Å². The molecule has 0 fully saturated rings. The molecule has 0 aliphatic rings. The van der Waals surface area contributed by atoms with E-state index in [4.69, 9.17) is 24.7 Å². The van der Waals surface area contributed by atoms with Crippen LogP contribution in [0.5, 0.6) is 17.2 Å². The van der Waals surface area contributed by atoms with E-state index >= 15 is 0 Å². The van der Waals surface area contributed by atoms with Gasteiger partial charge in [0, 0.05) is 35.2 Å². The molecule has 3 N–H and O–H groups in total. The Hall–Kier alpha value is -4.86. The van der Waals surface area contributed by atoms with Crippen LogP contribution in [0.1, 0.15) is 21.6 Å². The quantitative estimate of drug-likeness (QED) is 0.132. The van der Waals surface area contributed by atoms with Gasteiger partial charge in [0.25, 0.3) is 5.56 Å². The van der Waals surface area contributed by atoms with Crippen molar-refractivity contribution in [3.8, 4) is 34.1 Å². The highest BCUT2D eigenvalue weighted by Gasteiger charge is 2.26. The van der Waals surface area contributed by atoms with E-state index in [0.29, 0.717) is 57.1 Å². The number of methoxy groups -OCH3 is 3. The van der Waals surface area contributed by atoms with Crippen molar-refractivity contribution in [2.45, 2.75) is 13.5 Å². The van der Waals surface area contributed by atoms with Crippen LogP contribution in [0.2, 0.25) is 0 Å². The van der Waals surface area contributed by atoms with E-state index in [1.165, 1.54) is 11.7 Å². The summed E-state index contributed by atoms with van der Waals surface area (Å²) in [6, 6.07) is 23.5. The number of fused-ring (bicyclic) bond motifs is 1. The van der Waals surface area contributed by atoms with Crippen molar-refractivity contribution in [2.75, 3.05) is 39.4 Å². The number of carbonyl (C=O) groups excluding carboxylic acids is 1. The third kappa shape index (κ3) is 6.79. The van der Waals surface area contributed by atoms with Crippen molar-refractivity contribution < 1.29 is 23.7 Å². The monoisotopic (exact) mass is 651 g/mol. The summed E-state index contributed by atoms with van der Waals surface area (Å²) in [7, 11) is 6.27. The molecule has 0 saturated heterocycles. The molecule has 45 heavy (non-hydrogen) atoms. The van der Waals surface area contributed by atoms with E-state index in [1.807, 2.05) is 50.4 Å². The van der Waals surface area contributed by atoms with E-state index in [9.17, 15) is 9.59 Å². The lowest BCUT2D eigenvalue weighted by atomic mass is 9.94. The largest absolute Gasteiger partial charge is 0.496 e. The summed E-state index contributed by atoms with van der Waals surface area (Å²) in [5.41, 5.74) is 10.4. The van der Waals surface area contributed by atoms with E-state index in [0.717, 1.165) is 16.8 Å². The van der Waals surface area contributed by atoms with E-state index in [1.54, 1.807) is 56.7 Å². The normalized spacial score (nSPS) is 10.3. The van der Waals surface area contributed by atoms with Crippen molar-refractivity contribution in [3.05, 3.63) is 106 Å². The van der Waals surface area contributed by atoms with E-state index < -0.39 is 11.5 Å². The number of hydrogen-bond acceptors (Lipinski definition) is 8. The summed E-state index contributed by atoms with van der Waals surface area (Å²) in [5, 5.41) is 4.00. The molecule has 11 heteroatoms. The van der Waals surface area contributed by atoms with Gasteiger partial charge in [0.15, 0.2) is 0 Å². The third-order valence-electron chi connectivity index (χ3n) is 7.35. The zero-order valence-electron chi connectivity index (χ0n) is 25.5. The lowest BCUT2D eigenvalue weighted by Gasteiger charge is -2.21. The van der Waals surface area contributed by atoms with Crippen molar-refractivity contribution in [1.82, 2.24) is 4.57 Å². The lowest BCUT2D eigenvalue weighted by Crippen LogP contribution is -2.27. The smallest absolute Gasteiger partial charge is 0.355 e. The second-order valence-corrected chi connectivity index (χ2v) is 9.90. The van der Waals surface area contributed by atoms with Crippen molar-refractivity contribution >= 4 is 52.9 Å². The lowest BCUT2D eigenvalue weighted by molar-refractivity contribution is 0.0591. The number of esters is 1. The molecule has 9 nitrogen and oxygen atoms in total. The molecule has 1 heterocycles. The molecule has 0 aliphatic heterocycles. The minimum Gasteiger partial charge on any atom is -0.496 e. The van der Waals surface area contributed by atoms with Crippen molar-refractivity contribution in [1.29, 1.82) is 0 Å². The Morgan fingerprint density at radius 1 is 0.867 bits per heavy atom. The Labute approximate surface area is 273 Å². The number of pyridine rings is 1. The molecule has 5 rings (SSSR count). The molecule has 5 aromatic rings. The number of rotatable bonds is 9. The van der Waals surface area contributed by atoms with Gasteiger partial charge in [-0.15, -0.1) is 24.8 Å². The standard InChI is InChI=1S/C34H33N3O6.2ClH/c1-20-29(40-3)16-22(17-30(20)41-4)31-27-14-13-26(43-19-21-7-6-8-24(15-21)36-2)18-28(27)33(38)37(32(31)34(39)42-5)25-11-9-23(35)10-12-25;;/h6-18,36H,19,35H2,1-5H3;2*1H. The fourth-order valence-electron chi connectivity index (χ4n) is 5.14. The first kappa shape index (κ1) is 34.6. The number of nitrogens with one attached hydrogen (secondary N) is 1. The Balaban J connectivity index is 0.00000276. The molecule has 236 valence electrons. The summed E-state index contributed by atoms with van der Waals surface area (Å²) < 4.78 is 24.0.